The Labute approximate surface area is 116 Å². The van der Waals surface area contributed by atoms with Crippen LogP contribution in [0.2, 0.25) is 0 Å². The molecule has 1 aromatic carbocycles. The van der Waals surface area contributed by atoms with Gasteiger partial charge in [0.15, 0.2) is 0 Å². The molecule has 0 saturated heterocycles. The van der Waals surface area contributed by atoms with E-state index in [4.69, 9.17) is 4.74 Å². The van der Waals surface area contributed by atoms with E-state index >= 15 is 0 Å². The first-order chi connectivity index (χ1) is 8.83. The Balaban J connectivity index is 1.92. The van der Waals surface area contributed by atoms with Gasteiger partial charge in [-0.2, -0.15) is 0 Å². The highest BCUT2D eigenvalue weighted by molar-refractivity contribution is 7.99. The predicted octanol–water partition coefficient (Wildman–Crippen LogP) is 3.49. The third kappa shape index (κ3) is 7.75. The number of hydrogen-bond acceptors (Lipinski definition) is 3. The Morgan fingerprint density at radius 1 is 1.22 bits per heavy atom. The molecule has 0 heterocycles. The quantitative estimate of drug-likeness (QED) is 0.518. The molecule has 0 fully saturated rings. The molecule has 0 unspecified atom stereocenters. The largest absolute Gasteiger partial charge is 0.382 e. The third-order valence-corrected chi connectivity index (χ3v) is 3.63. The first-order valence-electron chi connectivity index (χ1n) is 6.81. The van der Waals surface area contributed by atoms with Crippen LogP contribution in [0.5, 0.6) is 0 Å². The summed E-state index contributed by atoms with van der Waals surface area (Å²) in [6, 6.07) is 8.69. The fraction of sp³-hybridized carbons (Fsp3) is 0.600. The van der Waals surface area contributed by atoms with Gasteiger partial charge in [-0.15, -0.1) is 11.8 Å². The third-order valence-electron chi connectivity index (χ3n) is 2.63. The number of thioether (sulfide) groups is 1. The van der Waals surface area contributed by atoms with Crippen LogP contribution in [0, 0.1) is 6.92 Å². The smallest absolute Gasteiger partial charge is 0.0466 e. The SMILES string of the molecule is CCOCCCCNCCSc1cccc(C)c1. The van der Waals surface area contributed by atoms with Gasteiger partial charge in [-0.3, -0.25) is 0 Å². The van der Waals surface area contributed by atoms with Crippen LogP contribution in [0.15, 0.2) is 29.2 Å². The van der Waals surface area contributed by atoms with E-state index in [1.54, 1.807) is 0 Å². The molecule has 0 spiro atoms. The summed E-state index contributed by atoms with van der Waals surface area (Å²) in [6.07, 6.45) is 2.36. The monoisotopic (exact) mass is 267 g/mol. The second kappa shape index (κ2) is 10.4. The van der Waals surface area contributed by atoms with Crippen LogP contribution in [-0.2, 0) is 4.74 Å². The lowest BCUT2D eigenvalue weighted by atomic mass is 10.2. The van der Waals surface area contributed by atoms with Gasteiger partial charge in [0.05, 0.1) is 0 Å². The van der Waals surface area contributed by atoms with Gasteiger partial charge in [-0.05, 0) is 45.4 Å². The second-order valence-electron chi connectivity index (χ2n) is 4.32. The normalized spacial score (nSPS) is 10.8. The predicted molar refractivity (Wildman–Crippen MR) is 80.5 cm³/mol. The van der Waals surface area contributed by atoms with E-state index in [1.165, 1.54) is 16.9 Å². The Kier molecular flexibility index (Phi) is 9.00. The van der Waals surface area contributed by atoms with Gasteiger partial charge < -0.3 is 10.1 Å². The zero-order valence-electron chi connectivity index (χ0n) is 11.6. The highest BCUT2D eigenvalue weighted by Crippen LogP contribution is 2.17. The highest BCUT2D eigenvalue weighted by Gasteiger charge is 1.94. The first kappa shape index (κ1) is 15.5. The summed E-state index contributed by atoms with van der Waals surface area (Å²) >= 11 is 1.92. The second-order valence-corrected chi connectivity index (χ2v) is 5.49. The molecule has 0 radical (unpaired) electrons. The Morgan fingerprint density at radius 3 is 2.89 bits per heavy atom. The Bertz CT molecular complexity index is 317. The van der Waals surface area contributed by atoms with Gasteiger partial charge in [-0.25, -0.2) is 0 Å². The number of ether oxygens (including phenoxy) is 1. The summed E-state index contributed by atoms with van der Waals surface area (Å²) in [7, 11) is 0. The Morgan fingerprint density at radius 2 is 2.11 bits per heavy atom. The van der Waals surface area contributed by atoms with Crippen LogP contribution in [0.1, 0.15) is 25.3 Å². The molecule has 0 saturated carbocycles. The minimum atomic E-state index is 0.834. The van der Waals surface area contributed by atoms with E-state index in [1.807, 2.05) is 18.7 Å². The van der Waals surface area contributed by atoms with Crippen LogP contribution in [0.3, 0.4) is 0 Å². The molecule has 102 valence electrons. The molecule has 0 atom stereocenters. The van der Waals surface area contributed by atoms with Crippen molar-refractivity contribution in [3.05, 3.63) is 29.8 Å². The van der Waals surface area contributed by atoms with Gasteiger partial charge in [0.1, 0.15) is 0 Å². The molecule has 0 amide bonds. The lowest BCUT2D eigenvalue weighted by molar-refractivity contribution is 0.143. The lowest BCUT2D eigenvalue weighted by Gasteiger charge is -2.05. The molecule has 0 aromatic heterocycles. The summed E-state index contributed by atoms with van der Waals surface area (Å²) in [5.74, 6) is 1.13. The van der Waals surface area contributed by atoms with Crippen molar-refractivity contribution in [2.45, 2.75) is 31.6 Å². The molecule has 1 rings (SSSR count). The van der Waals surface area contributed by atoms with Gasteiger partial charge in [0.25, 0.3) is 0 Å². The van der Waals surface area contributed by atoms with E-state index in [0.29, 0.717) is 0 Å². The van der Waals surface area contributed by atoms with E-state index in [9.17, 15) is 0 Å². The summed E-state index contributed by atoms with van der Waals surface area (Å²) in [5, 5.41) is 3.47. The van der Waals surface area contributed by atoms with E-state index in [0.717, 1.165) is 38.5 Å². The summed E-state index contributed by atoms with van der Waals surface area (Å²) in [4.78, 5) is 1.37. The van der Waals surface area contributed by atoms with Crippen LogP contribution in [-0.4, -0.2) is 32.1 Å². The average molecular weight is 267 g/mol. The molecule has 0 bridgehead atoms. The van der Waals surface area contributed by atoms with Crippen LogP contribution < -0.4 is 5.32 Å². The van der Waals surface area contributed by atoms with Crippen molar-refractivity contribution >= 4 is 11.8 Å². The molecule has 0 aliphatic carbocycles. The molecule has 1 N–H and O–H groups in total. The molecule has 0 aliphatic heterocycles. The highest BCUT2D eigenvalue weighted by atomic mass is 32.2. The number of unbranched alkanes of at least 4 members (excludes halogenated alkanes) is 1. The fourth-order valence-corrected chi connectivity index (χ4v) is 2.60. The number of benzene rings is 1. The topological polar surface area (TPSA) is 21.3 Å². The van der Waals surface area contributed by atoms with Crippen molar-refractivity contribution in [2.24, 2.45) is 0 Å². The molecule has 0 aliphatic rings. The molecule has 1 aromatic rings. The number of nitrogens with one attached hydrogen (secondary N) is 1. The van der Waals surface area contributed by atoms with Crippen molar-refractivity contribution in [1.82, 2.24) is 5.32 Å². The van der Waals surface area contributed by atoms with Crippen LogP contribution in [0.4, 0.5) is 0 Å². The average Bonchev–Trinajstić information content (AvgIpc) is 2.37. The molecular weight excluding hydrogens is 242 g/mol. The summed E-state index contributed by atoms with van der Waals surface area (Å²) < 4.78 is 5.30. The first-order valence-corrected chi connectivity index (χ1v) is 7.79. The van der Waals surface area contributed by atoms with Crippen molar-refractivity contribution in [3.63, 3.8) is 0 Å². The van der Waals surface area contributed by atoms with Gasteiger partial charge in [-0.1, -0.05) is 17.7 Å². The standard InChI is InChI=1S/C15H25NOS/c1-3-17-11-5-4-9-16-10-12-18-15-8-6-7-14(2)13-15/h6-8,13,16H,3-5,9-12H2,1-2H3. The van der Waals surface area contributed by atoms with Crippen molar-refractivity contribution in [1.29, 1.82) is 0 Å². The summed E-state index contributed by atoms with van der Waals surface area (Å²) in [5.41, 5.74) is 1.34. The van der Waals surface area contributed by atoms with Crippen molar-refractivity contribution < 1.29 is 4.74 Å². The summed E-state index contributed by atoms with van der Waals surface area (Å²) in [6.45, 7) is 8.09. The zero-order chi connectivity index (χ0) is 13.1. The zero-order valence-corrected chi connectivity index (χ0v) is 12.4. The minimum Gasteiger partial charge on any atom is -0.382 e. The van der Waals surface area contributed by atoms with Gasteiger partial charge in [0.2, 0.25) is 0 Å². The lowest BCUT2D eigenvalue weighted by Crippen LogP contribution is -2.18. The Hall–Kier alpha value is -0.510. The molecule has 3 heteroatoms. The van der Waals surface area contributed by atoms with Crippen LogP contribution >= 0.6 is 11.8 Å². The fourth-order valence-electron chi connectivity index (χ4n) is 1.67. The minimum absolute atomic E-state index is 0.834. The van der Waals surface area contributed by atoms with E-state index in [-0.39, 0.29) is 0 Å². The molecule has 18 heavy (non-hydrogen) atoms. The maximum Gasteiger partial charge on any atom is 0.0466 e. The van der Waals surface area contributed by atoms with Gasteiger partial charge >= 0.3 is 0 Å². The number of hydrogen-bond donors (Lipinski definition) is 1. The van der Waals surface area contributed by atoms with Crippen molar-refractivity contribution in [2.75, 3.05) is 32.1 Å². The maximum atomic E-state index is 5.30. The maximum absolute atomic E-state index is 5.30. The molecule has 2 nitrogen and oxygen atoms in total. The number of aryl methyl sites for hydroxylation is 1. The molecular formula is C15H25NOS. The van der Waals surface area contributed by atoms with Gasteiger partial charge in [0, 0.05) is 30.4 Å². The van der Waals surface area contributed by atoms with Crippen LogP contribution in [0.25, 0.3) is 0 Å². The van der Waals surface area contributed by atoms with E-state index in [2.05, 4.69) is 36.5 Å². The van der Waals surface area contributed by atoms with E-state index < -0.39 is 0 Å². The number of rotatable bonds is 10. The van der Waals surface area contributed by atoms with Crippen molar-refractivity contribution in [3.8, 4) is 0 Å².